The second kappa shape index (κ2) is 4.46. The zero-order valence-corrected chi connectivity index (χ0v) is 7.86. The molecule has 0 aromatic heterocycles. The predicted molar refractivity (Wildman–Crippen MR) is 48.2 cm³/mol. The summed E-state index contributed by atoms with van der Waals surface area (Å²) in [6.45, 7) is 1.87. The highest BCUT2D eigenvalue weighted by Crippen LogP contribution is 2.22. The summed E-state index contributed by atoms with van der Waals surface area (Å²) in [5, 5.41) is 0. The van der Waals surface area contributed by atoms with Crippen molar-refractivity contribution in [2.45, 2.75) is 25.8 Å². The first-order valence-corrected chi connectivity index (χ1v) is 4.46. The summed E-state index contributed by atoms with van der Waals surface area (Å²) >= 11 is 0. The average Bonchev–Trinajstić information content (AvgIpc) is 2.11. The Morgan fingerprint density at radius 2 is 1.93 bits per heavy atom. The van der Waals surface area contributed by atoms with Crippen LogP contribution in [0.1, 0.15) is 31.4 Å². The molecule has 0 aliphatic carbocycles. The van der Waals surface area contributed by atoms with Crippen LogP contribution in [0.15, 0.2) is 12.1 Å². The quantitative estimate of drug-likeness (QED) is 0.751. The van der Waals surface area contributed by atoms with Gasteiger partial charge in [0.25, 0.3) is 0 Å². The minimum atomic E-state index is -1.19. The molecule has 0 saturated carbocycles. The molecule has 0 fully saturated rings. The molecule has 1 rings (SSSR count). The van der Waals surface area contributed by atoms with E-state index in [2.05, 4.69) is 0 Å². The second-order valence-corrected chi connectivity index (χ2v) is 3.19. The van der Waals surface area contributed by atoms with E-state index in [4.69, 9.17) is 5.73 Å². The summed E-state index contributed by atoms with van der Waals surface area (Å²) in [5.41, 5.74) is 5.48. The van der Waals surface area contributed by atoms with Crippen LogP contribution < -0.4 is 5.73 Å². The third kappa shape index (κ3) is 2.26. The normalized spacial score (nSPS) is 12.9. The predicted octanol–water partition coefficient (Wildman–Crippen LogP) is 2.90. The smallest absolute Gasteiger partial charge is 0.163 e. The first kappa shape index (κ1) is 11.0. The van der Waals surface area contributed by atoms with Crippen LogP contribution in [-0.2, 0) is 0 Å². The maximum absolute atomic E-state index is 13.1. The maximum Gasteiger partial charge on any atom is 0.163 e. The Morgan fingerprint density at radius 3 is 2.50 bits per heavy atom. The third-order valence-corrected chi connectivity index (χ3v) is 2.02. The van der Waals surface area contributed by atoms with E-state index in [0.29, 0.717) is 12.5 Å². The van der Waals surface area contributed by atoms with Gasteiger partial charge in [0.2, 0.25) is 0 Å². The SMILES string of the molecule is CCC[C@@H](N)c1cc(F)cc(F)c1F. The topological polar surface area (TPSA) is 26.0 Å². The van der Waals surface area contributed by atoms with Crippen LogP contribution in [0.5, 0.6) is 0 Å². The van der Waals surface area contributed by atoms with Gasteiger partial charge >= 0.3 is 0 Å². The molecule has 0 heterocycles. The maximum atomic E-state index is 13.1. The highest BCUT2D eigenvalue weighted by atomic mass is 19.2. The van der Waals surface area contributed by atoms with Crippen molar-refractivity contribution in [1.82, 2.24) is 0 Å². The summed E-state index contributed by atoms with van der Waals surface area (Å²) in [5.74, 6) is -3.04. The van der Waals surface area contributed by atoms with Crippen LogP contribution in [-0.4, -0.2) is 0 Å². The van der Waals surface area contributed by atoms with Crippen LogP contribution in [0.4, 0.5) is 13.2 Å². The van der Waals surface area contributed by atoms with E-state index in [0.717, 1.165) is 12.5 Å². The fourth-order valence-electron chi connectivity index (χ4n) is 1.31. The monoisotopic (exact) mass is 203 g/mol. The molecule has 1 atom stereocenters. The Hall–Kier alpha value is -1.03. The highest BCUT2D eigenvalue weighted by molar-refractivity contribution is 5.23. The standard InChI is InChI=1S/C10H12F3N/c1-2-3-9(14)7-4-6(11)5-8(12)10(7)13/h4-5,9H,2-3,14H2,1H3/t9-/m1/s1. The zero-order chi connectivity index (χ0) is 10.7. The molecule has 0 amide bonds. The summed E-state index contributed by atoms with van der Waals surface area (Å²) in [7, 11) is 0. The molecule has 78 valence electrons. The lowest BCUT2D eigenvalue weighted by molar-refractivity contribution is 0.469. The van der Waals surface area contributed by atoms with E-state index in [9.17, 15) is 13.2 Å². The van der Waals surface area contributed by atoms with Crippen molar-refractivity contribution in [3.63, 3.8) is 0 Å². The molecule has 0 saturated heterocycles. The Balaban J connectivity index is 3.07. The van der Waals surface area contributed by atoms with Gasteiger partial charge in [0.15, 0.2) is 11.6 Å². The van der Waals surface area contributed by atoms with Gasteiger partial charge in [0, 0.05) is 17.7 Å². The molecule has 4 heteroatoms. The molecule has 0 bridgehead atoms. The Morgan fingerprint density at radius 1 is 1.29 bits per heavy atom. The Labute approximate surface area is 80.7 Å². The van der Waals surface area contributed by atoms with Crippen molar-refractivity contribution >= 4 is 0 Å². The van der Waals surface area contributed by atoms with E-state index in [1.807, 2.05) is 6.92 Å². The largest absolute Gasteiger partial charge is 0.324 e. The van der Waals surface area contributed by atoms with Crippen LogP contribution in [0.25, 0.3) is 0 Å². The first-order chi connectivity index (χ1) is 6.56. The summed E-state index contributed by atoms with van der Waals surface area (Å²) < 4.78 is 38.7. The number of halogens is 3. The lowest BCUT2D eigenvalue weighted by atomic mass is 10.0. The molecule has 0 aliphatic heterocycles. The van der Waals surface area contributed by atoms with Gasteiger partial charge < -0.3 is 5.73 Å². The number of benzene rings is 1. The van der Waals surface area contributed by atoms with Crippen molar-refractivity contribution in [2.75, 3.05) is 0 Å². The molecule has 0 radical (unpaired) electrons. The van der Waals surface area contributed by atoms with Crippen molar-refractivity contribution in [3.05, 3.63) is 35.1 Å². The average molecular weight is 203 g/mol. The van der Waals surface area contributed by atoms with Crippen molar-refractivity contribution in [2.24, 2.45) is 5.73 Å². The van der Waals surface area contributed by atoms with Gasteiger partial charge in [-0.05, 0) is 12.5 Å². The Bertz CT molecular complexity index is 325. The van der Waals surface area contributed by atoms with Crippen LogP contribution in [0.3, 0.4) is 0 Å². The molecular formula is C10H12F3N. The minimum Gasteiger partial charge on any atom is -0.324 e. The van der Waals surface area contributed by atoms with E-state index >= 15 is 0 Å². The first-order valence-electron chi connectivity index (χ1n) is 4.46. The molecule has 1 aromatic carbocycles. The van der Waals surface area contributed by atoms with E-state index in [-0.39, 0.29) is 5.56 Å². The van der Waals surface area contributed by atoms with Gasteiger partial charge in [-0.25, -0.2) is 13.2 Å². The van der Waals surface area contributed by atoms with Crippen molar-refractivity contribution in [1.29, 1.82) is 0 Å². The van der Waals surface area contributed by atoms with Gasteiger partial charge in [0.05, 0.1) is 0 Å². The van der Waals surface area contributed by atoms with Gasteiger partial charge in [-0.15, -0.1) is 0 Å². The third-order valence-electron chi connectivity index (χ3n) is 2.02. The van der Waals surface area contributed by atoms with Crippen LogP contribution >= 0.6 is 0 Å². The number of nitrogens with two attached hydrogens (primary N) is 1. The summed E-state index contributed by atoms with van der Waals surface area (Å²) in [6, 6.07) is 0.807. The van der Waals surface area contributed by atoms with E-state index in [1.165, 1.54) is 0 Å². The summed E-state index contributed by atoms with van der Waals surface area (Å²) in [4.78, 5) is 0. The number of hydrogen-bond donors (Lipinski definition) is 1. The van der Waals surface area contributed by atoms with E-state index < -0.39 is 23.5 Å². The second-order valence-electron chi connectivity index (χ2n) is 3.19. The van der Waals surface area contributed by atoms with Crippen molar-refractivity contribution < 1.29 is 13.2 Å². The molecule has 0 unspecified atom stereocenters. The molecule has 14 heavy (non-hydrogen) atoms. The van der Waals surface area contributed by atoms with Gasteiger partial charge in [-0.3, -0.25) is 0 Å². The minimum absolute atomic E-state index is 0.0932. The molecule has 0 aliphatic rings. The molecule has 0 spiro atoms. The molecule has 1 aromatic rings. The van der Waals surface area contributed by atoms with Crippen LogP contribution in [0.2, 0.25) is 0 Å². The Kier molecular flexibility index (Phi) is 3.52. The summed E-state index contributed by atoms with van der Waals surface area (Å²) in [6.07, 6.45) is 1.23. The van der Waals surface area contributed by atoms with Gasteiger partial charge in [0.1, 0.15) is 5.82 Å². The number of hydrogen-bond acceptors (Lipinski definition) is 1. The number of rotatable bonds is 3. The highest BCUT2D eigenvalue weighted by Gasteiger charge is 2.16. The zero-order valence-electron chi connectivity index (χ0n) is 7.86. The van der Waals surface area contributed by atoms with E-state index in [1.54, 1.807) is 0 Å². The van der Waals surface area contributed by atoms with Gasteiger partial charge in [-0.2, -0.15) is 0 Å². The molecular weight excluding hydrogens is 191 g/mol. The fraction of sp³-hybridized carbons (Fsp3) is 0.400. The van der Waals surface area contributed by atoms with Gasteiger partial charge in [-0.1, -0.05) is 13.3 Å². The lowest BCUT2D eigenvalue weighted by Gasteiger charge is -2.12. The fourth-order valence-corrected chi connectivity index (χ4v) is 1.31. The molecule has 1 nitrogen and oxygen atoms in total. The lowest BCUT2D eigenvalue weighted by Crippen LogP contribution is -2.13. The molecule has 2 N–H and O–H groups in total. The van der Waals surface area contributed by atoms with Crippen molar-refractivity contribution in [3.8, 4) is 0 Å². The van der Waals surface area contributed by atoms with Crippen LogP contribution in [0, 0.1) is 17.5 Å².